The van der Waals surface area contributed by atoms with E-state index in [0.29, 0.717) is 6.61 Å². The van der Waals surface area contributed by atoms with Gasteiger partial charge in [-0.05, 0) is 55.3 Å². The molecule has 0 N–H and O–H groups in total. The van der Waals surface area contributed by atoms with Crippen LogP contribution in [0, 0.1) is 13.8 Å². The zero-order valence-electron chi connectivity index (χ0n) is 14.4. The number of benzene rings is 3. The number of rotatable bonds is 5. The average Bonchev–Trinajstić information content (AvgIpc) is 2.61. The lowest BCUT2D eigenvalue weighted by Crippen LogP contribution is -1.98. The standard InChI is InChI=1S/C22H20ClNO/c1-16-7-12-21(17(2)13-16)24-14-19-5-3-4-6-22(19)25-15-18-8-10-20(23)11-9-18/h3-14H,15H2,1-2H3. The molecule has 0 saturated carbocycles. The van der Waals surface area contributed by atoms with Gasteiger partial charge in [0.2, 0.25) is 0 Å². The Balaban J connectivity index is 1.76. The summed E-state index contributed by atoms with van der Waals surface area (Å²) in [6.07, 6.45) is 1.86. The minimum absolute atomic E-state index is 0.492. The fraction of sp³-hybridized carbons (Fsp3) is 0.136. The van der Waals surface area contributed by atoms with Crippen molar-refractivity contribution in [1.29, 1.82) is 0 Å². The highest BCUT2D eigenvalue weighted by Gasteiger charge is 2.02. The molecule has 0 radical (unpaired) electrons. The maximum Gasteiger partial charge on any atom is 0.128 e. The number of hydrogen-bond acceptors (Lipinski definition) is 2. The van der Waals surface area contributed by atoms with E-state index >= 15 is 0 Å². The van der Waals surface area contributed by atoms with Crippen LogP contribution in [0.5, 0.6) is 5.75 Å². The van der Waals surface area contributed by atoms with E-state index < -0.39 is 0 Å². The second-order valence-corrected chi connectivity index (χ2v) is 6.44. The van der Waals surface area contributed by atoms with Crippen molar-refractivity contribution in [1.82, 2.24) is 0 Å². The van der Waals surface area contributed by atoms with Gasteiger partial charge in [-0.1, -0.05) is 53.6 Å². The average molecular weight is 350 g/mol. The van der Waals surface area contributed by atoms with Crippen molar-refractivity contribution in [2.75, 3.05) is 0 Å². The highest BCUT2D eigenvalue weighted by atomic mass is 35.5. The summed E-state index contributed by atoms with van der Waals surface area (Å²) < 4.78 is 5.97. The van der Waals surface area contributed by atoms with Gasteiger partial charge in [-0.25, -0.2) is 0 Å². The molecule has 0 amide bonds. The number of para-hydroxylation sites is 1. The van der Waals surface area contributed by atoms with E-state index in [1.807, 2.05) is 60.8 Å². The molecule has 0 fully saturated rings. The zero-order chi connectivity index (χ0) is 17.6. The van der Waals surface area contributed by atoms with Crippen LogP contribution in [-0.2, 0) is 6.61 Å². The SMILES string of the molecule is Cc1ccc(N=Cc2ccccc2OCc2ccc(Cl)cc2)c(C)c1. The van der Waals surface area contributed by atoms with Crippen molar-refractivity contribution < 1.29 is 4.74 Å². The van der Waals surface area contributed by atoms with Gasteiger partial charge in [-0.3, -0.25) is 4.99 Å². The van der Waals surface area contributed by atoms with E-state index in [-0.39, 0.29) is 0 Å². The van der Waals surface area contributed by atoms with Crippen LogP contribution in [-0.4, -0.2) is 6.21 Å². The van der Waals surface area contributed by atoms with Gasteiger partial charge in [0.25, 0.3) is 0 Å². The number of ether oxygens (including phenoxy) is 1. The predicted octanol–water partition coefficient (Wildman–Crippen LogP) is 6.29. The molecule has 3 heteroatoms. The largest absolute Gasteiger partial charge is 0.488 e. The van der Waals surface area contributed by atoms with Crippen LogP contribution in [0.4, 0.5) is 5.69 Å². The first kappa shape index (κ1) is 17.2. The molecule has 0 aliphatic heterocycles. The molecule has 0 spiro atoms. The van der Waals surface area contributed by atoms with Crippen molar-refractivity contribution >= 4 is 23.5 Å². The summed E-state index contributed by atoms with van der Waals surface area (Å²) >= 11 is 5.92. The highest BCUT2D eigenvalue weighted by molar-refractivity contribution is 6.30. The summed E-state index contributed by atoms with van der Waals surface area (Å²) in [5.74, 6) is 0.811. The van der Waals surface area contributed by atoms with Crippen LogP contribution in [0.15, 0.2) is 71.7 Å². The number of aryl methyl sites for hydroxylation is 2. The molecule has 0 saturated heterocycles. The van der Waals surface area contributed by atoms with Crippen LogP contribution in [0.25, 0.3) is 0 Å². The van der Waals surface area contributed by atoms with E-state index in [1.165, 1.54) is 5.56 Å². The van der Waals surface area contributed by atoms with Crippen molar-refractivity contribution in [3.05, 3.63) is 94.0 Å². The van der Waals surface area contributed by atoms with Crippen molar-refractivity contribution in [3.8, 4) is 5.75 Å². The Morgan fingerprint density at radius 3 is 2.48 bits per heavy atom. The quantitative estimate of drug-likeness (QED) is 0.496. The Morgan fingerprint density at radius 1 is 0.960 bits per heavy atom. The Bertz CT molecular complexity index is 885. The van der Waals surface area contributed by atoms with Crippen LogP contribution in [0.1, 0.15) is 22.3 Å². The summed E-state index contributed by atoms with van der Waals surface area (Å²) in [5.41, 5.74) is 5.40. The smallest absolute Gasteiger partial charge is 0.128 e. The summed E-state index contributed by atoms with van der Waals surface area (Å²) in [5, 5.41) is 0.727. The Labute approximate surface area is 153 Å². The zero-order valence-corrected chi connectivity index (χ0v) is 15.1. The maximum atomic E-state index is 5.97. The number of hydrogen-bond donors (Lipinski definition) is 0. The van der Waals surface area contributed by atoms with Gasteiger partial charge < -0.3 is 4.74 Å². The Kier molecular flexibility index (Phi) is 5.52. The van der Waals surface area contributed by atoms with E-state index in [1.54, 1.807) is 0 Å². The molecule has 3 rings (SSSR count). The maximum absolute atomic E-state index is 5.97. The molecule has 3 aromatic rings. The Hall–Kier alpha value is -2.58. The monoisotopic (exact) mass is 349 g/mol. The van der Waals surface area contributed by atoms with Crippen molar-refractivity contribution in [2.45, 2.75) is 20.5 Å². The van der Waals surface area contributed by atoms with E-state index in [4.69, 9.17) is 16.3 Å². The first-order chi connectivity index (χ1) is 12.1. The topological polar surface area (TPSA) is 21.6 Å². The molecule has 0 aliphatic carbocycles. The molecule has 25 heavy (non-hydrogen) atoms. The first-order valence-electron chi connectivity index (χ1n) is 8.19. The molecule has 3 aromatic carbocycles. The summed E-state index contributed by atoms with van der Waals surface area (Å²) in [6.45, 7) is 4.65. The molecule has 126 valence electrons. The van der Waals surface area contributed by atoms with Gasteiger partial charge in [-0.15, -0.1) is 0 Å². The molecule has 0 bridgehead atoms. The van der Waals surface area contributed by atoms with Crippen LogP contribution >= 0.6 is 11.6 Å². The normalized spacial score (nSPS) is 11.0. The second-order valence-electron chi connectivity index (χ2n) is 6.00. The molecular weight excluding hydrogens is 330 g/mol. The third kappa shape index (κ3) is 4.71. The molecule has 0 atom stereocenters. The minimum atomic E-state index is 0.492. The highest BCUT2D eigenvalue weighted by Crippen LogP contribution is 2.22. The van der Waals surface area contributed by atoms with Crippen LogP contribution < -0.4 is 4.74 Å². The lowest BCUT2D eigenvalue weighted by Gasteiger charge is -2.09. The summed E-state index contributed by atoms with van der Waals surface area (Å²) in [4.78, 5) is 4.62. The van der Waals surface area contributed by atoms with Gasteiger partial charge in [-0.2, -0.15) is 0 Å². The summed E-state index contributed by atoms with van der Waals surface area (Å²) in [7, 11) is 0. The van der Waals surface area contributed by atoms with E-state index in [2.05, 4.69) is 31.0 Å². The number of halogens is 1. The fourth-order valence-electron chi connectivity index (χ4n) is 2.55. The second kappa shape index (κ2) is 8.00. The van der Waals surface area contributed by atoms with E-state index in [0.717, 1.165) is 33.1 Å². The predicted molar refractivity (Wildman–Crippen MR) is 105 cm³/mol. The third-order valence-electron chi connectivity index (χ3n) is 3.92. The number of nitrogens with zero attached hydrogens (tertiary/aromatic N) is 1. The molecule has 2 nitrogen and oxygen atoms in total. The number of aliphatic imine (C=N–C) groups is 1. The molecule has 0 aliphatic rings. The van der Waals surface area contributed by atoms with Crippen molar-refractivity contribution in [2.24, 2.45) is 4.99 Å². The lowest BCUT2D eigenvalue weighted by atomic mass is 10.1. The van der Waals surface area contributed by atoms with Gasteiger partial charge in [0.15, 0.2) is 0 Å². The first-order valence-corrected chi connectivity index (χ1v) is 8.57. The minimum Gasteiger partial charge on any atom is -0.488 e. The van der Waals surface area contributed by atoms with Crippen LogP contribution in [0.2, 0.25) is 5.02 Å². The van der Waals surface area contributed by atoms with Gasteiger partial charge in [0.1, 0.15) is 12.4 Å². The van der Waals surface area contributed by atoms with Gasteiger partial charge in [0.05, 0.1) is 5.69 Å². The van der Waals surface area contributed by atoms with Crippen molar-refractivity contribution in [3.63, 3.8) is 0 Å². The summed E-state index contributed by atoms with van der Waals surface area (Å²) in [6, 6.07) is 21.8. The molecular formula is C22H20ClNO. The molecule has 0 aromatic heterocycles. The van der Waals surface area contributed by atoms with Crippen LogP contribution in [0.3, 0.4) is 0 Å². The molecule has 0 unspecified atom stereocenters. The fourth-order valence-corrected chi connectivity index (χ4v) is 2.68. The van der Waals surface area contributed by atoms with Gasteiger partial charge >= 0.3 is 0 Å². The van der Waals surface area contributed by atoms with E-state index in [9.17, 15) is 0 Å². The lowest BCUT2D eigenvalue weighted by molar-refractivity contribution is 0.306. The third-order valence-corrected chi connectivity index (χ3v) is 4.17. The molecule has 0 heterocycles. The van der Waals surface area contributed by atoms with Gasteiger partial charge in [0, 0.05) is 16.8 Å². The Morgan fingerprint density at radius 2 is 1.72 bits per heavy atom.